The molecule has 1 aliphatic heterocycles. The maximum atomic E-state index is 12.3. The van der Waals surface area contributed by atoms with Gasteiger partial charge in [0.1, 0.15) is 0 Å². The summed E-state index contributed by atoms with van der Waals surface area (Å²) < 4.78 is 25.8. The Labute approximate surface area is 109 Å². The van der Waals surface area contributed by atoms with Crippen LogP contribution in [0.1, 0.15) is 6.42 Å². The first-order valence-corrected chi connectivity index (χ1v) is 7.92. The second kappa shape index (κ2) is 5.29. The highest BCUT2D eigenvalue weighted by Gasteiger charge is 2.35. The number of nitrogens with one attached hydrogen (secondary N) is 1. The van der Waals surface area contributed by atoms with Crippen LogP contribution in [0.3, 0.4) is 0 Å². The smallest absolute Gasteiger partial charge is 0.305 e. The minimum Gasteiger partial charge on any atom is -0.481 e. The van der Waals surface area contributed by atoms with Gasteiger partial charge < -0.3 is 5.11 Å². The summed E-state index contributed by atoms with van der Waals surface area (Å²) in [6.07, 6.45) is 1.18. The summed E-state index contributed by atoms with van der Waals surface area (Å²) in [5.41, 5.74) is 0. The van der Waals surface area contributed by atoms with Gasteiger partial charge in [-0.2, -0.15) is 21.2 Å². The fourth-order valence-electron chi connectivity index (χ4n) is 1.83. The average molecular weight is 291 g/mol. The number of hydrogen-bond acceptors (Lipinski definition) is 5. The van der Waals surface area contributed by atoms with Crippen LogP contribution in [0, 0.1) is 0 Å². The minimum atomic E-state index is -3.67. The van der Waals surface area contributed by atoms with Crippen LogP contribution in [0.15, 0.2) is 17.3 Å². The number of aromatic amines is 1. The zero-order chi connectivity index (χ0) is 13.2. The molecule has 0 aliphatic carbocycles. The number of carbonyl (C=O) groups is 1. The molecule has 7 nitrogen and oxygen atoms in total. The molecule has 1 unspecified atom stereocenters. The Morgan fingerprint density at radius 3 is 3.06 bits per heavy atom. The molecule has 0 saturated carbocycles. The highest BCUT2D eigenvalue weighted by atomic mass is 32.2. The molecule has 18 heavy (non-hydrogen) atoms. The molecule has 2 rings (SSSR count). The number of carboxylic acid groups (broad SMARTS) is 1. The second-order valence-electron chi connectivity index (χ2n) is 3.86. The van der Waals surface area contributed by atoms with Crippen LogP contribution >= 0.6 is 11.8 Å². The number of carboxylic acids is 1. The first-order valence-electron chi connectivity index (χ1n) is 5.32. The van der Waals surface area contributed by atoms with E-state index in [1.165, 1.54) is 16.6 Å². The standard InChI is InChI=1S/C9H13N3O4S2/c13-9(14)5-7-6-17-4-3-12(7)18(15,16)8-1-2-10-11-8/h1-2,7H,3-6H2,(H,10,11)(H,13,14). The monoisotopic (exact) mass is 291 g/mol. The largest absolute Gasteiger partial charge is 0.481 e. The Morgan fingerprint density at radius 1 is 1.67 bits per heavy atom. The fraction of sp³-hybridized carbons (Fsp3) is 0.556. The van der Waals surface area contributed by atoms with Crippen molar-refractivity contribution in [3.8, 4) is 0 Å². The maximum Gasteiger partial charge on any atom is 0.305 e. The van der Waals surface area contributed by atoms with E-state index in [-0.39, 0.29) is 11.4 Å². The summed E-state index contributed by atoms with van der Waals surface area (Å²) in [5, 5.41) is 14.9. The van der Waals surface area contributed by atoms with Crippen molar-refractivity contribution in [1.29, 1.82) is 0 Å². The number of thioether (sulfide) groups is 1. The number of hydrogen-bond donors (Lipinski definition) is 2. The van der Waals surface area contributed by atoms with Gasteiger partial charge in [-0.25, -0.2) is 8.42 Å². The van der Waals surface area contributed by atoms with Crippen molar-refractivity contribution in [3.63, 3.8) is 0 Å². The zero-order valence-electron chi connectivity index (χ0n) is 9.44. The molecule has 0 aromatic carbocycles. The van der Waals surface area contributed by atoms with Gasteiger partial charge in [0.25, 0.3) is 10.0 Å². The molecule has 1 fully saturated rings. The van der Waals surface area contributed by atoms with Crippen LogP contribution in [-0.2, 0) is 14.8 Å². The Balaban J connectivity index is 2.26. The fourth-order valence-corrected chi connectivity index (χ4v) is 4.63. The third-order valence-corrected chi connectivity index (χ3v) is 5.62. The summed E-state index contributed by atoms with van der Waals surface area (Å²) in [6, 6.07) is 0.865. The van der Waals surface area contributed by atoms with Gasteiger partial charge in [0, 0.05) is 24.1 Å². The third-order valence-electron chi connectivity index (χ3n) is 2.65. The lowest BCUT2D eigenvalue weighted by molar-refractivity contribution is -0.137. The Hall–Kier alpha value is -1.06. The van der Waals surface area contributed by atoms with Crippen LogP contribution in [0.25, 0.3) is 0 Å². The highest BCUT2D eigenvalue weighted by Crippen LogP contribution is 2.25. The molecule has 2 heterocycles. The number of sulfonamides is 1. The molecule has 1 aromatic rings. The lowest BCUT2D eigenvalue weighted by Gasteiger charge is -2.32. The molecular formula is C9H13N3O4S2. The lowest BCUT2D eigenvalue weighted by Crippen LogP contribution is -2.47. The summed E-state index contributed by atoms with van der Waals surface area (Å²) in [4.78, 5) is 10.8. The predicted octanol–water partition coefficient (Wildman–Crippen LogP) is -0.00950. The first kappa shape index (κ1) is 13.4. The number of aromatic nitrogens is 2. The van der Waals surface area contributed by atoms with Crippen molar-refractivity contribution in [2.24, 2.45) is 0 Å². The van der Waals surface area contributed by atoms with Crippen molar-refractivity contribution in [2.75, 3.05) is 18.1 Å². The molecule has 0 radical (unpaired) electrons. The van der Waals surface area contributed by atoms with Gasteiger partial charge in [-0.15, -0.1) is 0 Å². The molecule has 2 N–H and O–H groups in total. The molecule has 1 aromatic heterocycles. The third kappa shape index (κ3) is 2.68. The second-order valence-corrected chi connectivity index (χ2v) is 6.87. The molecule has 0 amide bonds. The number of aliphatic carboxylic acids is 1. The van der Waals surface area contributed by atoms with E-state index >= 15 is 0 Å². The molecule has 1 aliphatic rings. The quantitative estimate of drug-likeness (QED) is 0.808. The number of H-pyrrole nitrogens is 1. The summed E-state index contributed by atoms with van der Waals surface area (Å²) in [7, 11) is -3.67. The molecule has 100 valence electrons. The van der Waals surface area contributed by atoms with Gasteiger partial charge in [0.05, 0.1) is 12.6 Å². The number of rotatable bonds is 4. The molecule has 0 spiro atoms. The van der Waals surface area contributed by atoms with Gasteiger partial charge in [-0.05, 0) is 6.07 Å². The first-order chi connectivity index (χ1) is 8.51. The van der Waals surface area contributed by atoms with Crippen molar-refractivity contribution in [3.05, 3.63) is 12.3 Å². The topological polar surface area (TPSA) is 103 Å². The van der Waals surface area contributed by atoms with Gasteiger partial charge in [0.15, 0.2) is 5.03 Å². The van der Waals surface area contributed by atoms with E-state index in [2.05, 4.69) is 10.2 Å². The van der Waals surface area contributed by atoms with Gasteiger partial charge in [-0.1, -0.05) is 0 Å². The van der Waals surface area contributed by atoms with Gasteiger partial charge in [-0.3, -0.25) is 9.89 Å². The highest BCUT2D eigenvalue weighted by molar-refractivity contribution is 7.99. The maximum absolute atomic E-state index is 12.3. The minimum absolute atomic E-state index is 0.00443. The molecule has 0 bridgehead atoms. The van der Waals surface area contributed by atoms with Crippen molar-refractivity contribution >= 4 is 27.8 Å². The SMILES string of the molecule is O=C(O)CC1CSCCN1S(=O)(=O)c1ccn[nH]1. The van der Waals surface area contributed by atoms with Gasteiger partial charge in [0.2, 0.25) is 0 Å². The molecular weight excluding hydrogens is 278 g/mol. The predicted molar refractivity (Wildman–Crippen MR) is 65.8 cm³/mol. The van der Waals surface area contributed by atoms with Crippen LogP contribution in [0.2, 0.25) is 0 Å². The van der Waals surface area contributed by atoms with E-state index < -0.39 is 22.0 Å². The van der Waals surface area contributed by atoms with E-state index in [0.717, 1.165) is 0 Å². The molecule has 1 saturated heterocycles. The van der Waals surface area contributed by atoms with Crippen LogP contribution < -0.4 is 0 Å². The zero-order valence-corrected chi connectivity index (χ0v) is 11.1. The van der Waals surface area contributed by atoms with E-state index in [9.17, 15) is 13.2 Å². The van der Waals surface area contributed by atoms with Crippen molar-refractivity contribution in [2.45, 2.75) is 17.5 Å². The Kier molecular flexibility index (Phi) is 3.93. The summed E-state index contributed by atoms with van der Waals surface area (Å²) >= 11 is 1.57. The number of nitrogens with zero attached hydrogens (tertiary/aromatic N) is 2. The summed E-state index contributed by atoms with van der Waals surface area (Å²) in [6.45, 7) is 0.323. The van der Waals surface area contributed by atoms with Crippen LogP contribution in [0.5, 0.6) is 0 Å². The molecule has 9 heteroatoms. The van der Waals surface area contributed by atoms with E-state index in [1.807, 2.05) is 0 Å². The van der Waals surface area contributed by atoms with Crippen LogP contribution in [-0.4, -0.2) is 58.1 Å². The van der Waals surface area contributed by atoms with E-state index in [4.69, 9.17) is 5.11 Å². The Bertz CT molecular complexity index is 514. The average Bonchev–Trinajstić information content (AvgIpc) is 2.82. The van der Waals surface area contributed by atoms with E-state index in [0.29, 0.717) is 18.1 Å². The van der Waals surface area contributed by atoms with Crippen molar-refractivity contribution in [1.82, 2.24) is 14.5 Å². The summed E-state index contributed by atoms with van der Waals surface area (Å²) in [5.74, 6) is 0.177. The van der Waals surface area contributed by atoms with E-state index in [1.54, 1.807) is 11.8 Å². The normalized spacial score (nSPS) is 21.9. The van der Waals surface area contributed by atoms with Crippen molar-refractivity contribution < 1.29 is 18.3 Å². The molecule has 1 atom stereocenters. The van der Waals surface area contributed by atoms with Crippen LogP contribution in [0.4, 0.5) is 0 Å². The van der Waals surface area contributed by atoms with Gasteiger partial charge >= 0.3 is 5.97 Å². The Morgan fingerprint density at radius 2 is 2.44 bits per heavy atom. The lowest BCUT2D eigenvalue weighted by atomic mass is 10.2.